The van der Waals surface area contributed by atoms with Gasteiger partial charge in [0.2, 0.25) is 11.8 Å². The maximum atomic E-state index is 12.5. The Morgan fingerprint density at radius 2 is 1.47 bits per heavy atom. The van der Waals surface area contributed by atoms with Crippen LogP contribution in [0.1, 0.15) is 37.8 Å². The first-order valence-corrected chi connectivity index (χ1v) is 11.7. The van der Waals surface area contributed by atoms with E-state index in [1.165, 1.54) is 0 Å². The highest BCUT2D eigenvalue weighted by Crippen LogP contribution is 2.26. The van der Waals surface area contributed by atoms with Crippen LogP contribution in [0.5, 0.6) is 5.75 Å². The Morgan fingerprint density at radius 1 is 0.824 bits per heavy atom. The van der Waals surface area contributed by atoms with Gasteiger partial charge < -0.3 is 15.4 Å². The lowest BCUT2D eigenvalue weighted by atomic mass is 9.85. The molecule has 0 radical (unpaired) electrons. The average molecular weight is 479 g/mol. The van der Waals surface area contributed by atoms with Gasteiger partial charge in [-0.25, -0.2) is 0 Å². The number of benzene rings is 3. The number of ether oxygens (including phenoxy) is 1. The summed E-state index contributed by atoms with van der Waals surface area (Å²) in [6, 6.07) is 24.8. The largest absolute Gasteiger partial charge is 0.489 e. The number of anilines is 1. The summed E-state index contributed by atoms with van der Waals surface area (Å²) in [5, 5.41) is 6.54. The van der Waals surface area contributed by atoms with Gasteiger partial charge in [-0.15, -0.1) is 0 Å². The minimum atomic E-state index is -0.465. The smallest absolute Gasteiger partial charge is 0.224 e. The van der Waals surface area contributed by atoms with E-state index in [2.05, 4.69) is 10.6 Å². The molecule has 6 heteroatoms. The molecule has 0 aliphatic rings. The van der Waals surface area contributed by atoms with Crippen molar-refractivity contribution >= 4 is 29.1 Å². The van der Waals surface area contributed by atoms with Crippen LogP contribution in [0.3, 0.4) is 0 Å². The predicted octanol–water partition coefficient (Wildman–Crippen LogP) is 6.02. The van der Waals surface area contributed by atoms with Gasteiger partial charge in [0.05, 0.1) is 0 Å². The molecular weight excluding hydrogens is 448 g/mol. The van der Waals surface area contributed by atoms with E-state index in [-0.39, 0.29) is 24.7 Å². The molecule has 3 aromatic rings. The Morgan fingerprint density at radius 3 is 2.15 bits per heavy atom. The molecule has 0 fully saturated rings. The van der Waals surface area contributed by atoms with Crippen molar-refractivity contribution in [2.45, 2.75) is 39.7 Å². The van der Waals surface area contributed by atoms with Crippen LogP contribution in [-0.2, 0) is 22.6 Å². The Labute approximate surface area is 206 Å². The van der Waals surface area contributed by atoms with Crippen molar-refractivity contribution in [2.75, 3.05) is 11.9 Å². The first-order valence-electron chi connectivity index (χ1n) is 11.4. The highest BCUT2D eigenvalue weighted by atomic mass is 35.5. The van der Waals surface area contributed by atoms with Gasteiger partial charge in [0.1, 0.15) is 12.4 Å². The number of nitrogens with one attached hydrogen (secondary N) is 2. The quantitative estimate of drug-likeness (QED) is 0.354. The molecule has 0 spiro atoms. The van der Waals surface area contributed by atoms with E-state index in [1.54, 1.807) is 0 Å². The molecule has 34 heavy (non-hydrogen) atoms. The SMILES string of the molecule is CC(C)(CC(=O)NCCc1ccc(Cl)cc1)CC(=O)Nc1ccc(OCc2ccccc2)cc1. The fourth-order valence-electron chi connectivity index (χ4n) is 3.57. The highest BCUT2D eigenvalue weighted by Gasteiger charge is 2.25. The van der Waals surface area contributed by atoms with Crippen LogP contribution in [-0.4, -0.2) is 18.4 Å². The molecule has 0 bridgehead atoms. The number of hydrogen-bond donors (Lipinski definition) is 2. The molecule has 2 amide bonds. The lowest BCUT2D eigenvalue weighted by Gasteiger charge is -2.23. The lowest BCUT2D eigenvalue weighted by Crippen LogP contribution is -2.32. The lowest BCUT2D eigenvalue weighted by molar-refractivity contribution is -0.124. The number of hydrogen-bond acceptors (Lipinski definition) is 3. The zero-order valence-corrected chi connectivity index (χ0v) is 20.4. The van der Waals surface area contributed by atoms with Gasteiger partial charge in [-0.05, 0) is 59.4 Å². The van der Waals surface area contributed by atoms with Gasteiger partial charge in [-0.3, -0.25) is 9.59 Å². The number of halogens is 1. The number of rotatable bonds is 11. The summed E-state index contributed by atoms with van der Waals surface area (Å²) >= 11 is 5.89. The first-order chi connectivity index (χ1) is 16.3. The van der Waals surface area contributed by atoms with Gasteiger partial charge in [0.15, 0.2) is 0 Å². The zero-order chi connectivity index (χ0) is 24.4. The van der Waals surface area contributed by atoms with Crippen LogP contribution < -0.4 is 15.4 Å². The third-order valence-corrected chi connectivity index (χ3v) is 5.57. The van der Waals surface area contributed by atoms with Gasteiger partial charge in [-0.1, -0.05) is 67.9 Å². The molecule has 3 aromatic carbocycles. The maximum Gasteiger partial charge on any atom is 0.224 e. The van der Waals surface area contributed by atoms with Crippen molar-refractivity contribution in [3.05, 3.63) is 95.0 Å². The molecule has 3 rings (SSSR count). The first kappa shape index (κ1) is 25.3. The summed E-state index contributed by atoms with van der Waals surface area (Å²) in [5.74, 6) is 0.543. The van der Waals surface area contributed by atoms with E-state index in [9.17, 15) is 9.59 Å². The van der Waals surface area contributed by atoms with E-state index in [0.717, 1.165) is 23.3 Å². The van der Waals surface area contributed by atoms with Crippen LogP contribution in [0, 0.1) is 5.41 Å². The number of amides is 2. The molecule has 0 unspecified atom stereocenters. The van der Waals surface area contributed by atoms with Crippen LogP contribution in [0.4, 0.5) is 5.69 Å². The topological polar surface area (TPSA) is 67.4 Å². The zero-order valence-electron chi connectivity index (χ0n) is 19.6. The summed E-state index contributed by atoms with van der Waals surface area (Å²) in [6.45, 7) is 4.88. The van der Waals surface area contributed by atoms with Crippen molar-refractivity contribution in [3.8, 4) is 5.75 Å². The normalized spacial score (nSPS) is 11.0. The summed E-state index contributed by atoms with van der Waals surface area (Å²) in [5.41, 5.74) is 2.43. The van der Waals surface area contributed by atoms with Crippen molar-refractivity contribution in [2.24, 2.45) is 5.41 Å². The van der Waals surface area contributed by atoms with Gasteiger partial charge >= 0.3 is 0 Å². The summed E-state index contributed by atoms with van der Waals surface area (Å²) in [4.78, 5) is 24.9. The molecular formula is C28H31ClN2O3. The third kappa shape index (κ3) is 8.91. The summed E-state index contributed by atoms with van der Waals surface area (Å²) < 4.78 is 5.78. The minimum Gasteiger partial charge on any atom is -0.489 e. The molecule has 0 saturated heterocycles. The highest BCUT2D eigenvalue weighted by molar-refractivity contribution is 6.30. The van der Waals surface area contributed by atoms with Crippen LogP contribution in [0.15, 0.2) is 78.9 Å². The third-order valence-electron chi connectivity index (χ3n) is 5.31. The standard InChI is InChI=1S/C28H31ClN2O3/c1-28(2,18-26(32)30-17-16-21-8-10-23(29)11-9-21)19-27(33)31-24-12-14-25(15-13-24)34-20-22-6-4-3-5-7-22/h3-15H,16-20H2,1-2H3,(H,30,32)(H,31,33). The van der Waals surface area contributed by atoms with Gasteiger partial charge in [-0.2, -0.15) is 0 Å². The maximum absolute atomic E-state index is 12.5. The molecule has 0 saturated carbocycles. The molecule has 0 aromatic heterocycles. The average Bonchev–Trinajstić information content (AvgIpc) is 2.80. The van der Waals surface area contributed by atoms with E-state index < -0.39 is 5.41 Å². The molecule has 0 aliphatic carbocycles. The second kappa shape index (κ2) is 12.2. The molecule has 0 atom stereocenters. The summed E-state index contributed by atoms with van der Waals surface area (Å²) in [7, 11) is 0. The van der Waals surface area contributed by atoms with Crippen LogP contribution >= 0.6 is 11.6 Å². The molecule has 5 nitrogen and oxygen atoms in total. The molecule has 178 valence electrons. The van der Waals surface area contributed by atoms with E-state index in [4.69, 9.17) is 16.3 Å². The van der Waals surface area contributed by atoms with Crippen molar-refractivity contribution in [1.29, 1.82) is 0 Å². The van der Waals surface area contributed by atoms with Gasteiger partial charge in [0.25, 0.3) is 0 Å². The summed E-state index contributed by atoms with van der Waals surface area (Å²) in [6.07, 6.45) is 1.24. The number of carbonyl (C=O) groups excluding carboxylic acids is 2. The Kier molecular flexibility index (Phi) is 9.11. The van der Waals surface area contributed by atoms with Crippen LogP contribution in [0.25, 0.3) is 0 Å². The molecule has 2 N–H and O–H groups in total. The van der Waals surface area contributed by atoms with E-state index in [0.29, 0.717) is 23.9 Å². The van der Waals surface area contributed by atoms with E-state index in [1.807, 2.05) is 92.7 Å². The second-order valence-electron chi connectivity index (χ2n) is 9.09. The van der Waals surface area contributed by atoms with E-state index >= 15 is 0 Å². The molecule has 0 heterocycles. The predicted molar refractivity (Wildman–Crippen MR) is 137 cm³/mol. The van der Waals surface area contributed by atoms with Gasteiger partial charge in [0, 0.05) is 30.1 Å². The number of carbonyl (C=O) groups is 2. The van der Waals surface area contributed by atoms with Crippen molar-refractivity contribution in [3.63, 3.8) is 0 Å². The Balaban J connectivity index is 1.39. The molecule has 0 aliphatic heterocycles. The Bertz CT molecular complexity index is 1070. The monoisotopic (exact) mass is 478 g/mol. The Hall–Kier alpha value is -3.31. The second-order valence-corrected chi connectivity index (χ2v) is 9.53. The minimum absolute atomic E-state index is 0.0633. The fourth-order valence-corrected chi connectivity index (χ4v) is 3.70. The van der Waals surface area contributed by atoms with Crippen LogP contribution in [0.2, 0.25) is 5.02 Å². The van der Waals surface area contributed by atoms with Crippen molar-refractivity contribution in [1.82, 2.24) is 5.32 Å². The fraction of sp³-hybridized carbons (Fsp3) is 0.286. The van der Waals surface area contributed by atoms with Crippen molar-refractivity contribution < 1.29 is 14.3 Å².